The molecule has 0 amide bonds. The lowest BCUT2D eigenvalue weighted by Crippen LogP contribution is -2.11. The second-order valence-corrected chi connectivity index (χ2v) is 2.37. The van der Waals surface area contributed by atoms with E-state index in [1.807, 2.05) is 6.07 Å². The van der Waals surface area contributed by atoms with Crippen LogP contribution in [0.1, 0.15) is 18.0 Å². The van der Waals surface area contributed by atoms with Crippen LogP contribution in [0, 0.1) is 17.1 Å². The van der Waals surface area contributed by atoms with Crippen LogP contribution in [-0.2, 0) is 0 Å². The summed E-state index contributed by atoms with van der Waals surface area (Å²) in [4.78, 5) is 3.57. The molecule has 0 radical (unpaired) electrons. The molecular formula is C8H8FN3. The third kappa shape index (κ3) is 1.77. The molecule has 0 aliphatic rings. The van der Waals surface area contributed by atoms with E-state index < -0.39 is 11.9 Å². The Morgan fingerprint density at radius 2 is 2.50 bits per heavy atom. The van der Waals surface area contributed by atoms with Crippen molar-refractivity contribution in [1.29, 1.82) is 5.26 Å². The number of halogens is 1. The first kappa shape index (κ1) is 8.62. The fourth-order valence-corrected chi connectivity index (χ4v) is 0.895. The van der Waals surface area contributed by atoms with Crippen molar-refractivity contribution < 1.29 is 4.39 Å². The summed E-state index contributed by atoms with van der Waals surface area (Å²) in [6.45, 7) is 0. The summed E-state index contributed by atoms with van der Waals surface area (Å²) < 4.78 is 12.9. The van der Waals surface area contributed by atoms with Gasteiger partial charge >= 0.3 is 0 Å². The van der Waals surface area contributed by atoms with Crippen LogP contribution < -0.4 is 5.73 Å². The number of pyridine rings is 1. The predicted molar refractivity (Wildman–Crippen MR) is 41.4 cm³/mol. The van der Waals surface area contributed by atoms with E-state index in [1.165, 1.54) is 12.3 Å². The first-order valence-electron chi connectivity index (χ1n) is 3.47. The van der Waals surface area contributed by atoms with Crippen molar-refractivity contribution in [3.8, 4) is 6.07 Å². The lowest BCUT2D eigenvalue weighted by atomic mass is 10.1. The Morgan fingerprint density at radius 1 is 1.75 bits per heavy atom. The van der Waals surface area contributed by atoms with Gasteiger partial charge in [-0.25, -0.2) is 4.39 Å². The van der Waals surface area contributed by atoms with Gasteiger partial charge in [-0.2, -0.15) is 5.26 Å². The molecule has 3 nitrogen and oxygen atoms in total. The van der Waals surface area contributed by atoms with E-state index in [0.717, 1.165) is 6.20 Å². The Hall–Kier alpha value is -1.47. The number of nitriles is 1. The van der Waals surface area contributed by atoms with Gasteiger partial charge in [-0.15, -0.1) is 0 Å². The minimum atomic E-state index is -0.557. The molecule has 1 heterocycles. The molecule has 1 rings (SSSR count). The highest BCUT2D eigenvalue weighted by Crippen LogP contribution is 2.15. The van der Waals surface area contributed by atoms with Crippen LogP contribution in [0.4, 0.5) is 4.39 Å². The van der Waals surface area contributed by atoms with Crippen molar-refractivity contribution in [3.05, 3.63) is 29.8 Å². The summed E-state index contributed by atoms with van der Waals surface area (Å²) in [6.07, 6.45) is 2.66. The maximum Gasteiger partial charge on any atom is 0.146 e. The summed E-state index contributed by atoms with van der Waals surface area (Å²) in [6, 6.07) is 2.81. The predicted octanol–water partition coefficient (Wildman–Crippen LogP) is 1.13. The Bertz CT molecular complexity index is 305. The van der Waals surface area contributed by atoms with E-state index in [0.29, 0.717) is 5.56 Å². The van der Waals surface area contributed by atoms with Crippen LogP contribution in [0.5, 0.6) is 0 Å². The molecule has 0 saturated heterocycles. The first-order valence-corrected chi connectivity index (χ1v) is 3.47. The van der Waals surface area contributed by atoms with Crippen LogP contribution in [0.15, 0.2) is 18.5 Å². The number of rotatable bonds is 2. The molecule has 0 bridgehead atoms. The van der Waals surface area contributed by atoms with Gasteiger partial charge in [0.05, 0.1) is 18.7 Å². The zero-order valence-electron chi connectivity index (χ0n) is 6.37. The average Bonchev–Trinajstić information content (AvgIpc) is 2.05. The molecule has 2 N–H and O–H groups in total. The van der Waals surface area contributed by atoms with Crippen molar-refractivity contribution >= 4 is 0 Å². The summed E-state index contributed by atoms with van der Waals surface area (Å²) in [5.74, 6) is -0.458. The number of hydrogen-bond acceptors (Lipinski definition) is 3. The van der Waals surface area contributed by atoms with Gasteiger partial charge < -0.3 is 5.73 Å². The third-order valence-corrected chi connectivity index (χ3v) is 1.51. The lowest BCUT2D eigenvalue weighted by molar-refractivity contribution is 0.579. The molecule has 0 spiro atoms. The SMILES string of the molecule is N#CC[C@@H](N)c1ccncc1F. The quantitative estimate of drug-likeness (QED) is 0.714. The number of nitrogens with two attached hydrogens (primary N) is 1. The van der Waals surface area contributed by atoms with Crippen molar-refractivity contribution in [2.24, 2.45) is 5.73 Å². The van der Waals surface area contributed by atoms with Gasteiger partial charge in [0.1, 0.15) is 5.82 Å². The van der Waals surface area contributed by atoms with Gasteiger partial charge in [0.2, 0.25) is 0 Å². The molecule has 1 aromatic heterocycles. The van der Waals surface area contributed by atoms with Crippen molar-refractivity contribution in [2.75, 3.05) is 0 Å². The fraction of sp³-hybridized carbons (Fsp3) is 0.250. The van der Waals surface area contributed by atoms with Gasteiger partial charge in [-0.05, 0) is 6.07 Å². The van der Waals surface area contributed by atoms with E-state index in [4.69, 9.17) is 11.0 Å². The summed E-state index contributed by atoms with van der Waals surface area (Å²) in [5, 5.41) is 8.32. The first-order chi connectivity index (χ1) is 5.75. The van der Waals surface area contributed by atoms with E-state index in [-0.39, 0.29) is 6.42 Å². The zero-order chi connectivity index (χ0) is 8.97. The van der Waals surface area contributed by atoms with E-state index >= 15 is 0 Å². The lowest BCUT2D eigenvalue weighted by Gasteiger charge is -2.07. The monoisotopic (exact) mass is 165 g/mol. The topological polar surface area (TPSA) is 62.7 Å². The summed E-state index contributed by atoms with van der Waals surface area (Å²) in [7, 11) is 0. The minimum Gasteiger partial charge on any atom is -0.323 e. The largest absolute Gasteiger partial charge is 0.323 e. The molecular weight excluding hydrogens is 157 g/mol. The average molecular weight is 165 g/mol. The Balaban J connectivity index is 2.88. The van der Waals surface area contributed by atoms with E-state index in [1.54, 1.807) is 0 Å². The molecule has 12 heavy (non-hydrogen) atoms. The maximum atomic E-state index is 12.9. The van der Waals surface area contributed by atoms with Gasteiger partial charge in [0.25, 0.3) is 0 Å². The van der Waals surface area contributed by atoms with Crippen LogP contribution >= 0.6 is 0 Å². The van der Waals surface area contributed by atoms with Crippen molar-refractivity contribution in [1.82, 2.24) is 4.98 Å². The molecule has 0 aromatic carbocycles. The molecule has 1 aromatic rings. The zero-order valence-corrected chi connectivity index (χ0v) is 6.37. The highest BCUT2D eigenvalue weighted by atomic mass is 19.1. The minimum absolute atomic E-state index is 0.112. The van der Waals surface area contributed by atoms with Gasteiger partial charge in [0.15, 0.2) is 0 Å². The maximum absolute atomic E-state index is 12.9. The molecule has 1 atom stereocenters. The highest BCUT2D eigenvalue weighted by molar-refractivity contribution is 5.17. The van der Waals surface area contributed by atoms with Crippen molar-refractivity contribution in [3.63, 3.8) is 0 Å². The second-order valence-electron chi connectivity index (χ2n) is 2.37. The van der Waals surface area contributed by atoms with E-state index in [9.17, 15) is 4.39 Å². The van der Waals surface area contributed by atoms with Crippen LogP contribution in [0.25, 0.3) is 0 Å². The molecule has 4 heteroatoms. The van der Waals surface area contributed by atoms with Crippen LogP contribution in [0.3, 0.4) is 0 Å². The molecule has 0 aliphatic carbocycles. The Labute approximate surface area is 69.6 Å². The molecule has 0 unspecified atom stereocenters. The van der Waals surface area contributed by atoms with Crippen LogP contribution in [-0.4, -0.2) is 4.98 Å². The van der Waals surface area contributed by atoms with Crippen LogP contribution in [0.2, 0.25) is 0 Å². The van der Waals surface area contributed by atoms with Gasteiger partial charge in [0, 0.05) is 17.8 Å². The summed E-state index contributed by atoms with van der Waals surface area (Å²) >= 11 is 0. The number of hydrogen-bond donors (Lipinski definition) is 1. The molecule has 0 fully saturated rings. The number of aromatic nitrogens is 1. The van der Waals surface area contributed by atoms with E-state index in [2.05, 4.69) is 4.98 Å². The van der Waals surface area contributed by atoms with Gasteiger partial charge in [-0.1, -0.05) is 0 Å². The molecule has 0 aliphatic heterocycles. The normalized spacial score (nSPS) is 12.1. The number of nitrogens with zero attached hydrogens (tertiary/aromatic N) is 2. The summed E-state index contributed by atoms with van der Waals surface area (Å²) in [5.41, 5.74) is 5.86. The van der Waals surface area contributed by atoms with Crippen molar-refractivity contribution in [2.45, 2.75) is 12.5 Å². The second kappa shape index (κ2) is 3.79. The smallest absolute Gasteiger partial charge is 0.146 e. The Morgan fingerprint density at radius 3 is 3.08 bits per heavy atom. The Kier molecular flexibility index (Phi) is 2.72. The van der Waals surface area contributed by atoms with Gasteiger partial charge in [-0.3, -0.25) is 4.98 Å². The fourth-order valence-electron chi connectivity index (χ4n) is 0.895. The molecule has 0 saturated carbocycles. The highest BCUT2D eigenvalue weighted by Gasteiger charge is 2.09. The standard InChI is InChI=1S/C8H8FN3/c9-7-5-12-4-2-6(7)8(11)1-3-10/h2,4-5,8H,1,11H2/t8-/m1/s1. The third-order valence-electron chi connectivity index (χ3n) is 1.51. The molecule has 62 valence electrons.